The minimum absolute atomic E-state index is 0.00853. The molecule has 0 radical (unpaired) electrons. The Kier molecular flexibility index (Phi) is 4.87. The van der Waals surface area contributed by atoms with E-state index in [9.17, 15) is 14.9 Å². The van der Waals surface area contributed by atoms with Gasteiger partial charge in [-0.15, -0.1) is 0 Å². The number of carbonyl (C=O) groups is 1. The molecule has 106 valence electrons. The Balaban J connectivity index is 1.98. The number of nitrogens with zero attached hydrogens (tertiary/aromatic N) is 1. The van der Waals surface area contributed by atoms with Gasteiger partial charge in [0.25, 0.3) is 5.69 Å². The van der Waals surface area contributed by atoms with Crippen LogP contribution in [0.1, 0.15) is 37.7 Å². The summed E-state index contributed by atoms with van der Waals surface area (Å²) in [6.07, 6.45) is 8.44. The van der Waals surface area contributed by atoms with Crippen LogP contribution in [0.15, 0.2) is 30.3 Å². The van der Waals surface area contributed by atoms with Gasteiger partial charge in [0.15, 0.2) is 0 Å². The number of hydrogen-bond acceptors (Lipinski definition) is 3. The van der Waals surface area contributed by atoms with E-state index in [4.69, 9.17) is 0 Å². The van der Waals surface area contributed by atoms with Gasteiger partial charge in [0.1, 0.15) is 0 Å². The highest BCUT2D eigenvalue weighted by Crippen LogP contribution is 2.19. The van der Waals surface area contributed by atoms with Crippen molar-refractivity contribution in [1.82, 2.24) is 5.32 Å². The van der Waals surface area contributed by atoms with Gasteiger partial charge in [-0.2, -0.15) is 0 Å². The molecule has 1 aliphatic rings. The van der Waals surface area contributed by atoms with Crippen LogP contribution in [-0.4, -0.2) is 16.9 Å². The number of rotatable bonds is 4. The molecule has 20 heavy (non-hydrogen) atoms. The van der Waals surface area contributed by atoms with Gasteiger partial charge in [0.05, 0.1) is 10.5 Å². The summed E-state index contributed by atoms with van der Waals surface area (Å²) in [5.74, 6) is -0.185. The Morgan fingerprint density at radius 1 is 1.25 bits per heavy atom. The number of nitro benzene ring substituents is 1. The number of nitrogens with one attached hydrogen (secondary N) is 1. The summed E-state index contributed by atoms with van der Waals surface area (Å²) in [5.41, 5.74) is 0.450. The molecule has 0 aromatic heterocycles. The molecule has 1 aromatic carbocycles. The van der Waals surface area contributed by atoms with Crippen LogP contribution in [0.25, 0.3) is 6.08 Å². The Morgan fingerprint density at radius 3 is 2.65 bits per heavy atom. The number of hydrogen-bond donors (Lipinski definition) is 1. The lowest BCUT2D eigenvalue weighted by Gasteiger charge is -2.21. The monoisotopic (exact) mass is 274 g/mol. The Bertz CT molecular complexity index is 520. The smallest absolute Gasteiger partial charge is 0.276 e. The first kappa shape index (κ1) is 14.2. The third-order valence-electron chi connectivity index (χ3n) is 3.50. The van der Waals surface area contributed by atoms with E-state index in [1.54, 1.807) is 18.2 Å². The molecular formula is C15H18N2O3. The van der Waals surface area contributed by atoms with Crippen molar-refractivity contribution in [2.45, 2.75) is 38.1 Å². The molecule has 0 heterocycles. The molecule has 0 aliphatic heterocycles. The summed E-state index contributed by atoms with van der Waals surface area (Å²) in [7, 11) is 0. The molecule has 1 aliphatic carbocycles. The largest absolute Gasteiger partial charge is 0.350 e. The highest BCUT2D eigenvalue weighted by molar-refractivity contribution is 5.92. The number of carbonyl (C=O) groups excluding carboxylic acids is 1. The van der Waals surface area contributed by atoms with Gasteiger partial charge in [0, 0.05) is 18.2 Å². The zero-order valence-corrected chi connectivity index (χ0v) is 11.2. The van der Waals surface area contributed by atoms with E-state index in [-0.39, 0.29) is 17.6 Å². The number of para-hydroxylation sites is 1. The predicted molar refractivity (Wildman–Crippen MR) is 77.1 cm³/mol. The van der Waals surface area contributed by atoms with Gasteiger partial charge >= 0.3 is 0 Å². The Morgan fingerprint density at radius 2 is 1.95 bits per heavy atom. The zero-order valence-electron chi connectivity index (χ0n) is 11.2. The molecule has 0 saturated heterocycles. The normalized spacial score (nSPS) is 16.2. The maximum absolute atomic E-state index is 11.8. The van der Waals surface area contributed by atoms with Gasteiger partial charge in [-0.1, -0.05) is 31.4 Å². The van der Waals surface area contributed by atoms with Crippen LogP contribution in [0, 0.1) is 10.1 Å². The lowest BCUT2D eigenvalue weighted by atomic mass is 9.95. The second kappa shape index (κ2) is 6.84. The predicted octanol–water partition coefficient (Wildman–Crippen LogP) is 3.06. The summed E-state index contributed by atoms with van der Waals surface area (Å²) in [4.78, 5) is 22.2. The van der Waals surface area contributed by atoms with Crippen molar-refractivity contribution in [3.63, 3.8) is 0 Å². The fourth-order valence-corrected chi connectivity index (χ4v) is 2.46. The number of amides is 1. The average Bonchev–Trinajstić information content (AvgIpc) is 2.46. The van der Waals surface area contributed by atoms with Crippen molar-refractivity contribution in [3.05, 3.63) is 46.0 Å². The molecule has 1 aromatic rings. The van der Waals surface area contributed by atoms with Gasteiger partial charge in [0.2, 0.25) is 5.91 Å². The minimum Gasteiger partial charge on any atom is -0.350 e. The SMILES string of the molecule is O=C(/C=C/c1ccccc1[N+](=O)[O-])NC1CCCCC1. The van der Waals surface area contributed by atoms with Crippen LogP contribution in [-0.2, 0) is 4.79 Å². The van der Waals surface area contributed by atoms with Crippen molar-refractivity contribution in [1.29, 1.82) is 0 Å². The average molecular weight is 274 g/mol. The summed E-state index contributed by atoms with van der Waals surface area (Å²) in [6.45, 7) is 0. The Hall–Kier alpha value is -2.17. The van der Waals surface area contributed by atoms with Crippen LogP contribution in [0.3, 0.4) is 0 Å². The molecule has 0 spiro atoms. The molecule has 0 unspecified atom stereocenters. The van der Waals surface area contributed by atoms with Crippen LogP contribution in [0.4, 0.5) is 5.69 Å². The fourth-order valence-electron chi connectivity index (χ4n) is 2.46. The first-order valence-corrected chi connectivity index (χ1v) is 6.89. The molecule has 5 nitrogen and oxygen atoms in total. The minimum atomic E-state index is -0.446. The molecule has 1 N–H and O–H groups in total. The van der Waals surface area contributed by atoms with E-state index in [0.717, 1.165) is 25.7 Å². The maximum atomic E-state index is 11.8. The van der Waals surface area contributed by atoms with E-state index in [1.807, 2.05) is 0 Å². The molecule has 0 atom stereocenters. The van der Waals surface area contributed by atoms with Crippen LogP contribution in [0.5, 0.6) is 0 Å². The number of benzene rings is 1. The summed E-state index contributed by atoms with van der Waals surface area (Å²) in [5, 5.41) is 13.8. The van der Waals surface area contributed by atoms with E-state index < -0.39 is 4.92 Å². The molecule has 1 amide bonds. The van der Waals surface area contributed by atoms with Gasteiger partial charge < -0.3 is 5.32 Å². The molecule has 2 rings (SSSR count). The molecule has 0 bridgehead atoms. The summed E-state index contributed by atoms with van der Waals surface area (Å²) >= 11 is 0. The van der Waals surface area contributed by atoms with Crippen LogP contribution >= 0.6 is 0 Å². The van der Waals surface area contributed by atoms with Gasteiger partial charge in [-0.05, 0) is 25.0 Å². The fraction of sp³-hybridized carbons (Fsp3) is 0.400. The van der Waals surface area contributed by atoms with Crippen molar-refractivity contribution in [2.75, 3.05) is 0 Å². The van der Waals surface area contributed by atoms with Crippen molar-refractivity contribution in [2.24, 2.45) is 0 Å². The van der Waals surface area contributed by atoms with Crippen molar-refractivity contribution in [3.8, 4) is 0 Å². The lowest BCUT2D eigenvalue weighted by Crippen LogP contribution is -2.34. The van der Waals surface area contributed by atoms with E-state index in [0.29, 0.717) is 5.56 Å². The maximum Gasteiger partial charge on any atom is 0.276 e. The van der Waals surface area contributed by atoms with E-state index in [2.05, 4.69) is 5.32 Å². The third-order valence-corrected chi connectivity index (χ3v) is 3.50. The number of nitro groups is 1. The van der Waals surface area contributed by atoms with Crippen molar-refractivity contribution >= 4 is 17.7 Å². The first-order valence-electron chi connectivity index (χ1n) is 6.89. The first-order chi connectivity index (χ1) is 9.66. The highest BCUT2D eigenvalue weighted by atomic mass is 16.6. The van der Waals surface area contributed by atoms with Gasteiger partial charge in [-0.3, -0.25) is 14.9 Å². The molecular weight excluding hydrogens is 256 g/mol. The highest BCUT2D eigenvalue weighted by Gasteiger charge is 2.14. The molecule has 5 heteroatoms. The molecule has 1 fully saturated rings. The summed E-state index contributed by atoms with van der Waals surface area (Å²) < 4.78 is 0. The van der Waals surface area contributed by atoms with Crippen molar-refractivity contribution < 1.29 is 9.72 Å². The lowest BCUT2D eigenvalue weighted by molar-refractivity contribution is -0.385. The van der Waals surface area contributed by atoms with E-state index >= 15 is 0 Å². The topological polar surface area (TPSA) is 72.2 Å². The van der Waals surface area contributed by atoms with Crippen LogP contribution < -0.4 is 5.32 Å². The second-order valence-electron chi connectivity index (χ2n) is 4.99. The Labute approximate surface area is 117 Å². The van der Waals surface area contributed by atoms with Crippen LogP contribution in [0.2, 0.25) is 0 Å². The zero-order chi connectivity index (χ0) is 14.4. The quantitative estimate of drug-likeness (QED) is 0.521. The van der Waals surface area contributed by atoms with E-state index in [1.165, 1.54) is 24.6 Å². The standard InChI is InChI=1S/C15H18N2O3/c18-15(16-13-7-2-1-3-8-13)11-10-12-6-4-5-9-14(12)17(19)20/h4-6,9-11,13H,1-3,7-8H2,(H,16,18)/b11-10+. The second-order valence-corrected chi connectivity index (χ2v) is 4.99. The molecule has 1 saturated carbocycles. The third kappa shape index (κ3) is 3.91. The summed E-state index contributed by atoms with van der Waals surface area (Å²) in [6, 6.07) is 6.62. The van der Waals surface area contributed by atoms with Gasteiger partial charge in [-0.25, -0.2) is 0 Å².